The molecule has 0 fully saturated rings. The molecule has 1 aromatic rings. The molecule has 0 aromatic carbocycles. The zero-order chi connectivity index (χ0) is 8.27. The number of hydrogen-bond donors (Lipinski definition) is 0. The van der Waals surface area contributed by atoms with E-state index < -0.39 is 0 Å². The Bertz CT molecular complexity index is 223. The van der Waals surface area contributed by atoms with Gasteiger partial charge in [-0.25, -0.2) is 4.68 Å². The van der Waals surface area contributed by atoms with Crippen molar-refractivity contribution in [2.45, 2.75) is 17.4 Å². The third-order valence-electron chi connectivity index (χ3n) is 1.27. The van der Waals surface area contributed by atoms with Gasteiger partial charge in [0, 0.05) is 12.6 Å². The van der Waals surface area contributed by atoms with Crippen molar-refractivity contribution >= 4 is 22.6 Å². The van der Waals surface area contributed by atoms with Crippen LogP contribution in [0.4, 0.5) is 4.39 Å². The summed E-state index contributed by atoms with van der Waals surface area (Å²) >= 11 is 2.22. The first kappa shape index (κ1) is 8.89. The molecule has 0 bridgehead atoms. The van der Waals surface area contributed by atoms with E-state index in [9.17, 15) is 4.39 Å². The summed E-state index contributed by atoms with van der Waals surface area (Å²) in [7, 11) is 0. The molecule has 0 aliphatic heterocycles. The van der Waals surface area contributed by atoms with Crippen molar-refractivity contribution < 1.29 is 4.39 Å². The van der Waals surface area contributed by atoms with Gasteiger partial charge in [-0.05, 0) is 6.92 Å². The third-order valence-corrected chi connectivity index (χ3v) is 1.84. The monoisotopic (exact) mass is 269 g/mol. The van der Waals surface area contributed by atoms with Crippen LogP contribution in [0.1, 0.15) is 16.7 Å². The molecule has 3 nitrogen and oxygen atoms in total. The number of aromatic nitrogens is 3. The third kappa shape index (κ3) is 2.39. The van der Waals surface area contributed by atoms with Gasteiger partial charge in [0.05, 0.1) is 12.4 Å². The Kier molecular flexibility index (Phi) is 3.22. The summed E-state index contributed by atoms with van der Waals surface area (Å²) in [5, 5.41) is 7.62. The first-order valence-electron chi connectivity index (χ1n) is 3.35. The molecule has 0 radical (unpaired) electrons. The fraction of sp³-hybridized carbons (Fsp3) is 0.667. The van der Waals surface area contributed by atoms with E-state index in [4.69, 9.17) is 0 Å². The lowest BCUT2D eigenvalue weighted by molar-refractivity contribution is 0.491. The second kappa shape index (κ2) is 3.99. The zero-order valence-corrected chi connectivity index (χ0v) is 8.32. The normalized spacial score (nSPS) is 13.4. The molecule has 1 atom stereocenters. The maximum Gasteiger partial charge on any atom is 0.102 e. The van der Waals surface area contributed by atoms with Crippen molar-refractivity contribution in [1.82, 2.24) is 15.0 Å². The first-order chi connectivity index (χ1) is 5.24. The van der Waals surface area contributed by atoms with E-state index >= 15 is 0 Å². The maximum atomic E-state index is 11.8. The smallest absolute Gasteiger partial charge is 0.102 e. The van der Waals surface area contributed by atoms with Gasteiger partial charge in [-0.2, -0.15) is 0 Å². The van der Waals surface area contributed by atoms with Crippen LogP contribution in [0.3, 0.4) is 0 Å². The largest absolute Gasteiger partial charge is 0.251 e. The minimum absolute atomic E-state index is 0.272. The van der Waals surface area contributed by atoms with E-state index in [0.717, 1.165) is 5.69 Å². The standard InChI is InChI=1S/C6H9FIN3/c1-5(8)11-4-6(2-3-7)9-10-11/h4-5H,2-3H2,1H3. The van der Waals surface area contributed by atoms with E-state index in [1.54, 1.807) is 10.9 Å². The summed E-state index contributed by atoms with van der Waals surface area (Å²) in [6.45, 7) is 1.63. The van der Waals surface area contributed by atoms with Crippen molar-refractivity contribution in [3.63, 3.8) is 0 Å². The zero-order valence-electron chi connectivity index (χ0n) is 6.17. The van der Waals surface area contributed by atoms with Crippen molar-refractivity contribution in [2.24, 2.45) is 0 Å². The Morgan fingerprint density at radius 1 is 1.82 bits per heavy atom. The van der Waals surface area contributed by atoms with Crippen LogP contribution in [-0.4, -0.2) is 21.7 Å². The SMILES string of the molecule is CC(I)n1cc(CCF)nn1. The van der Waals surface area contributed by atoms with Gasteiger partial charge in [0.25, 0.3) is 0 Å². The lowest BCUT2D eigenvalue weighted by atomic mass is 10.4. The van der Waals surface area contributed by atoms with E-state index in [-0.39, 0.29) is 10.7 Å². The molecule has 0 aliphatic carbocycles. The van der Waals surface area contributed by atoms with E-state index in [1.165, 1.54) is 0 Å². The van der Waals surface area contributed by atoms with Gasteiger partial charge in [0.15, 0.2) is 0 Å². The summed E-state index contributed by atoms with van der Waals surface area (Å²) in [6, 6.07) is 0. The topological polar surface area (TPSA) is 30.7 Å². The molecule has 0 N–H and O–H groups in total. The second-order valence-electron chi connectivity index (χ2n) is 2.20. The molecular formula is C6H9FIN3. The minimum Gasteiger partial charge on any atom is -0.251 e. The van der Waals surface area contributed by atoms with E-state index in [0.29, 0.717) is 6.42 Å². The van der Waals surface area contributed by atoms with Crippen LogP contribution in [-0.2, 0) is 6.42 Å². The van der Waals surface area contributed by atoms with Gasteiger partial charge in [-0.1, -0.05) is 27.8 Å². The van der Waals surface area contributed by atoms with Crippen LogP contribution >= 0.6 is 22.6 Å². The average Bonchev–Trinajstić information content (AvgIpc) is 2.37. The average molecular weight is 269 g/mol. The lowest BCUT2D eigenvalue weighted by Crippen LogP contribution is -1.97. The van der Waals surface area contributed by atoms with Gasteiger partial charge < -0.3 is 0 Å². The van der Waals surface area contributed by atoms with Crippen molar-refractivity contribution in [2.75, 3.05) is 6.67 Å². The van der Waals surface area contributed by atoms with Gasteiger partial charge >= 0.3 is 0 Å². The first-order valence-corrected chi connectivity index (χ1v) is 4.59. The Labute approximate surface area is 78.1 Å². The maximum absolute atomic E-state index is 11.8. The van der Waals surface area contributed by atoms with Gasteiger partial charge in [-0.15, -0.1) is 5.10 Å². The number of halogens is 2. The molecular weight excluding hydrogens is 260 g/mol. The van der Waals surface area contributed by atoms with Gasteiger partial charge in [0.2, 0.25) is 0 Å². The highest BCUT2D eigenvalue weighted by Gasteiger charge is 2.02. The van der Waals surface area contributed by atoms with Crippen LogP contribution in [0.2, 0.25) is 0 Å². The Hall–Kier alpha value is -0.200. The molecule has 5 heteroatoms. The molecule has 1 aromatic heterocycles. The number of aryl methyl sites for hydroxylation is 1. The Morgan fingerprint density at radius 3 is 3.00 bits per heavy atom. The fourth-order valence-corrected chi connectivity index (χ4v) is 0.971. The molecule has 0 saturated carbocycles. The molecule has 0 aliphatic rings. The number of alkyl halides is 2. The highest BCUT2D eigenvalue weighted by atomic mass is 127. The van der Waals surface area contributed by atoms with Crippen LogP contribution in [0, 0.1) is 0 Å². The predicted octanol–water partition coefficient (Wildman–Crippen LogP) is 1.74. The van der Waals surface area contributed by atoms with Crippen LogP contribution in [0.25, 0.3) is 0 Å². The van der Waals surface area contributed by atoms with E-state index in [2.05, 4.69) is 32.9 Å². The number of hydrogen-bond acceptors (Lipinski definition) is 2. The predicted molar refractivity (Wildman–Crippen MR) is 48.4 cm³/mol. The lowest BCUT2D eigenvalue weighted by Gasteiger charge is -1.98. The summed E-state index contributed by atoms with van der Waals surface area (Å²) in [6.07, 6.45) is 2.14. The fourth-order valence-electron chi connectivity index (χ4n) is 0.699. The van der Waals surface area contributed by atoms with E-state index in [1.807, 2.05) is 6.92 Å². The minimum atomic E-state index is -0.367. The van der Waals surface area contributed by atoms with Crippen LogP contribution in [0.15, 0.2) is 6.20 Å². The van der Waals surface area contributed by atoms with Gasteiger partial charge in [-0.3, -0.25) is 4.39 Å². The Morgan fingerprint density at radius 2 is 2.55 bits per heavy atom. The molecule has 0 spiro atoms. The summed E-state index contributed by atoms with van der Waals surface area (Å²) in [5.74, 6) is 0. The second-order valence-corrected chi connectivity index (χ2v) is 4.01. The highest BCUT2D eigenvalue weighted by Crippen LogP contribution is 2.12. The molecule has 62 valence electrons. The number of nitrogens with zero attached hydrogens (tertiary/aromatic N) is 3. The van der Waals surface area contributed by atoms with Crippen molar-refractivity contribution in [3.8, 4) is 0 Å². The molecule has 1 unspecified atom stereocenters. The molecule has 1 rings (SSSR count). The summed E-state index contributed by atoms with van der Waals surface area (Å²) in [4.78, 5) is 0. The molecule has 11 heavy (non-hydrogen) atoms. The van der Waals surface area contributed by atoms with Gasteiger partial charge in [0.1, 0.15) is 4.05 Å². The highest BCUT2D eigenvalue weighted by molar-refractivity contribution is 14.1. The number of rotatable bonds is 3. The molecule has 0 saturated heterocycles. The molecule has 1 heterocycles. The summed E-state index contributed by atoms with van der Waals surface area (Å²) < 4.78 is 13.8. The van der Waals surface area contributed by atoms with Crippen molar-refractivity contribution in [3.05, 3.63) is 11.9 Å². The van der Waals surface area contributed by atoms with Crippen LogP contribution in [0.5, 0.6) is 0 Å². The van der Waals surface area contributed by atoms with Crippen LogP contribution < -0.4 is 0 Å². The Balaban J connectivity index is 2.66. The van der Waals surface area contributed by atoms with Crippen molar-refractivity contribution in [1.29, 1.82) is 0 Å². The summed E-state index contributed by atoms with van der Waals surface area (Å²) in [5.41, 5.74) is 0.719. The quantitative estimate of drug-likeness (QED) is 0.618. The molecule has 0 amide bonds.